The van der Waals surface area contributed by atoms with E-state index in [1.54, 1.807) is 0 Å². The maximum atomic E-state index is 13.8. The first-order valence-electron chi connectivity index (χ1n) is 6.02. The summed E-state index contributed by atoms with van der Waals surface area (Å²) in [5.74, 6) is -3.95. The van der Waals surface area contributed by atoms with Gasteiger partial charge in [0.1, 0.15) is 12.4 Å². The molecule has 0 amide bonds. The van der Waals surface area contributed by atoms with Gasteiger partial charge < -0.3 is 4.57 Å². The van der Waals surface area contributed by atoms with E-state index in [-0.39, 0.29) is 49.0 Å². The molecule has 2 rings (SSSR count). The number of hydrogen-bond donors (Lipinski definition) is 0. The van der Waals surface area contributed by atoms with Gasteiger partial charge in [-0.2, -0.15) is 13.2 Å². The Bertz CT molecular complexity index is 784. The van der Waals surface area contributed by atoms with E-state index in [2.05, 4.69) is 0 Å². The molecule has 23 heavy (non-hydrogen) atoms. The van der Waals surface area contributed by atoms with Crippen LogP contribution in [-0.2, 0) is 6.54 Å². The van der Waals surface area contributed by atoms with Crippen molar-refractivity contribution in [1.29, 1.82) is 0 Å². The first-order valence-corrected chi connectivity index (χ1v) is 6.02. The van der Waals surface area contributed by atoms with Gasteiger partial charge in [0.15, 0.2) is 11.6 Å². The molecule has 9 heteroatoms. The minimum absolute atomic E-state index is 0. The molecule has 0 unspecified atom stereocenters. The molecule has 0 saturated carbocycles. The summed E-state index contributed by atoms with van der Waals surface area (Å²) in [6.07, 6.45) is -4.67. The zero-order valence-electron chi connectivity index (χ0n) is 11.5. The Balaban J connectivity index is 0.00000264. The molecule has 0 radical (unpaired) electrons. The number of pyridine rings is 1. The van der Waals surface area contributed by atoms with Crippen molar-refractivity contribution in [2.45, 2.75) is 19.6 Å². The summed E-state index contributed by atoms with van der Waals surface area (Å²) in [6.45, 7) is -0.435. The molecule has 0 spiro atoms. The molecule has 1 aromatic heterocycles. The number of rotatable bonds is 2. The zero-order chi connectivity index (χ0) is 16.7. The van der Waals surface area contributed by atoms with Crippen molar-refractivity contribution >= 4 is 0 Å². The van der Waals surface area contributed by atoms with Crippen molar-refractivity contribution in [3.8, 4) is 11.1 Å². The fraction of sp³-hybridized carbons (Fsp3) is 0.214. The number of nitrogens with zero attached hydrogens (tertiary/aromatic N) is 1. The summed E-state index contributed by atoms with van der Waals surface area (Å²) in [5.41, 5.74) is -1.93. The van der Waals surface area contributed by atoms with Crippen LogP contribution in [0.2, 0.25) is 0 Å². The molecule has 0 aliphatic rings. The largest absolute Gasteiger partial charge is 0.406 e. The first-order chi connectivity index (χ1) is 10.1. The number of aromatic nitrogens is 1. The Kier molecular flexibility index (Phi) is 6.34. The van der Waals surface area contributed by atoms with Gasteiger partial charge >= 0.3 is 6.18 Å². The topological polar surface area (TPSA) is 22.0 Å². The molecular formula is C14H9ArF6NO. The van der Waals surface area contributed by atoms with Gasteiger partial charge in [-0.3, -0.25) is 4.79 Å². The average molecular weight is 361 g/mol. The van der Waals surface area contributed by atoms with Gasteiger partial charge in [0.2, 0.25) is 0 Å². The predicted octanol–water partition coefficient (Wildman–Crippen LogP) is 3.80. The van der Waals surface area contributed by atoms with E-state index < -0.39 is 41.3 Å². The van der Waals surface area contributed by atoms with Gasteiger partial charge in [0, 0.05) is 66.7 Å². The monoisotopic (exact) mass is 361 g/mol. The summed E-state index contributed by atoms with van der Waals surface area (Å²) in [7, 11) is 0. The van der Waals surface area contributed by atoms with Crippen molar-refractivity contribution in [1.82, 2.24) is 4.57 Å². The molecule has 0 bridgehead atoms. The molecule has 0 N–H and O–H groups in total. The standard InChI is InChI=1S/C14H9F6NO.Ar/c1-7-9(10-4-8(15)5-11(16)13(10)17)2-3-12(22)21(7)6-14(18,19)20;/h2-5H,6H2,1H3;. The molecule has 0 aliphatic heterocycles. The number of benzene rings is 1. The third-order valence-electron chi connectivity index (χ3n) is 3.07. The second kappa shape index (κ2) is 7.27. The van der Waals surface area contributed by atoms with E-state index in [1.807, 2.05) is 0 Å². The molecule has 2 aromatic rings. The average Bonchev–Trinajstić information content (AvgIpc) is 2.38. The van der Waals surface area contributed by atoms with Crippen LogP contribution in [0.1, 0.15) is 5.69 Å². The van der Waals surface area contributed by atoms with Gasteiger partial charge in [-0.1, -0.05) is 0 Å². The van der Waals surface area contributed by atoms with Crippen molar-refractivity contribution in [2.24, 2.45) is 0 Å². The number of alkyl halides is 3. The van der Waals surface area contributed by atoms with Crippen molar-refractivity contribution in [2.75, 3.05) is 0 Å². The Morgan fingerprint density at radius 3 is 2.22 bits per heavy atom. The van der Waals surface area contributed by atoms with E-state index in [4.69, 9.17) is 0 Å². The van der Waals surface area contributed by atoms with Gasteiger partial charge in [0.05, 0.1) is 0 Å². The number of hydrogen-bond acceptors (Lipinski definition) is 1. The van der Waals surface area contributed by atoms with Crippen LogP contribution >= 0.6 is 0 Å². The quantitative estimate of drug-likeness (QED) is 0.589. The molecule has 126 valence electrons. The van der Waals surface area contributed by atoms with E-state index in [9.17, 15) is 31.1 Å². The summed E-state index contributed by atoms with van der Waals surface area (Å²) in [4.78, 5) is 11.5. The van der Waals surface area contributed by atoms with Crippen molar-refractivity contribution in [3.63, 3.8) is 0 Å². The Hall–Kier alpha value is -0.990. The smallest absolute Gasteiger partial charge is 0.303 e. The molecule has 1 aromatic carbocycles. The third kappa shape index (κ3) is 4.51. The second-order valence-corrected chi connectivity index (χ2v) is 4.62. The van der Waals surface area contributed by atoms with Crippen molar-refractivity contribution in [3.05, 3.63) is 57.8 Å². The van der Waals surface area contributed by atoms with E-state index >= 15 is 0 Å². The predicted molar refractivity (Wildman–Crippen MR) is 66.8 cm³/mol. The molecule has 0 aliphatic carbocycles. The van der Waals surface area contributed by atoms with Crippen LogP contribution in [0.15, 0.2) is 29.1 Å². The summed E-state index contributed by atoms with van der Waals surface area (Å²) >= 11 is 0. The van der Waals surface area contributed by atoms with E-state index in [0.717, 1.165) is 19.1 Å². The second-order valence-electron chi connectivity index (χ2n) is 4.62. The summed E-state index contributed by atoms with van der Waals surface area (Å²) in [5, 5.41) is 0. The van der Waals surface area contributed by atoms with Crippen LogP contribution in [0.5, 0.6) is 0 Å². The van der Waals surface area contributed by atoms with Gasteiger partial charge in [-0.15, -0.1) is 0 Å². The van der Waals surface area contributed by atoms with Gasteiger partial charge in [-0.25, -0.2) is 13.2 Å². The molecule has 2 nitrogen and oxygen atoms in total. The van der Waals surface area contributed by atoms with Crippen LogP contribution in [-0.4, -0.2) is 10.7 Å². The fourth-order valence-electron chi connectivity index (χ4n) is 2.09. The Morgan fingerprint density at radius 1 is 1.04 bits per heavy atom. The minimum Gasteiger partial charge on any atom is -0.303 e. The fourth-order valence-corrected chi connectivity index (χ4v) is 2.09. The van der Waals surface area contributed by atoms with Crippen LogP contribution in [0.4, 0.5) is 26.3 Å². The van der Waals surface area contributed by atoms with Gasteiger partial charge in [0.25, 0.3) is 5.56 Å². The normalized spacial score (nSPS) is 11.3. The molecule has 0 fully saturated rings. The van der Waals surface area contributed by atoms with E-state index in [0.29, 0.717) is 16.7 Å². The zero-order valence-corrected chi connectivity index (χ0v) is 12.2. The van der Waals surface area contributed by atoms with Crippen LogP contribution in [0.3, 0.4) is 0 Å². The van der Waals surface area contributed by atoms with Crippen LogP contribution in [0.25, 0.3) is 11.1 Å². The molecule has 0 saturated heterocycles. The minimum atomic E-state index is -4.67. The summed E-state index contributed by atoms with van der Waals surface area (Å²) < 4.78 is 78.1. The third-order valence-corrected chi connectivity index (χ3v) is 3.07. The van der Waals surface area contributed by atoms with E-state index in [1.165, 1.54) is 0 Å². The molecular weight excluding hydrogens is 352 g/mol. The molecule has 0 atom stereocenters. The maximum absolute atomic E-state index is 13.8. The summed E-state index contributed by atoms with van der Waals surface area (Å²) in [6, 6.07) is 2.79. The SMILES string of the molecule is Cc1c(-c2cc(F)cc(F)c2F)ccc(=O)n1CC(F)(F)F.[Ar]. The van der Waals surface area contributed by atoms with Gasteiger partial charge in [-0.05, 0) is 19.1 Å². The first kappa shape index (κ1) is 20.1. The van der Waals surface area contributed by atoms with Crippen LogP contribution < -0.4 is 5.56 Å². The van der Waals surface area contributed by atoms with Crippen molar-refractivity contribution < 1.29 is 64.1 Å². The van der Waals surface area contributed by atoms with Crippen LogP contribution in [0, 0.1) is 62.1 Å². The maximum Gasteiger partial charge on any atom is 0.406 e. The Morgan fingerprint density at radius 2 is 1.65 bits per heavy atom. The molecule has 1 heterocycles. The number of halogens is 6. The Labute approximate surface area is 156 Å².